The summed E-state index contributed by atoms with van der Waals surface area (Å²) < 4.78 is 5.52. The molecule has 1 heterocycles. The molecule has 0 saturated carbocycles. The van der Waals surface area contributed by atoms with Gasteiger partial charge < -0.3 is 15.4 Å². The van der Waals surface area contributed by atoms with Crippen LogP contribution in [0.15, 0.2) is 18.2 Å². The topological polar surface area (TPSA) is 50.4 Å². The van der Waals surface area contributed by atoms with Crippen LogP contribution in [-0.4, -0.2) is 18.6 Å². The van der Waals surface area contributed by atoms with Crippen LogP contribution in [0.25, 0.3) is 0 Å². The molecule has 1 aromatic carbocycles. The maximum absolute atomic E-state index is 11.6. The van der Waals surface area contributed by atoms with Crippen LogP contribution in [0, 0.1) is 5.41 Å². The number of rotatable bonds is 3. The lowest BCUT2D eigenvalue weighted by Crippen LogP contribution is -2.34. The van der Waals surface area contributed by atoms with Gasteiger partial charge in [0.15, 0.2) is 6.10 Å². The van der Waals surface area contributed by atoms with Gasteiger partial charge in [0.2, 0.25) is 0 Å². The molecule has 1 atom stereocenters. The molecule has 19 heavy (non-hydrogen) atoms. The van der Waals surface area contributed by atoms with E-state index in [0.29, 0.717) is 5.41 Å². The van der Waals surface area contributed by atoms with Gasteiger partial charge in [0.1, 0.15) is 5.75 Å². The smallest absolute Gasteiger partial charge is 0.265 e. The van der Waals surface area contributed by atoms with Crippen molar-refractivity contribution in [1.29, 1.82) is 0 Å². The highest BCUT2D eigenvalue weighted by Gasteiger charge is 2.23. The van der Waals surface area contributed by atoms with E-state index in [1.165, 1.54) is 0 Å². The van der Waals surface area contributed by atoms with E-state index in [0.717, 1.165) is 30.1 Å². The number of anilines is 2. The van der Waals surface area contributed by atoms with Crippen molar-refractivity contribution < 1.29 is 9.53 Å². The number of fused-ring (bicyclic) bond motifs is 1. The lowest BCUT2D eigenvalue weighted by atomic mass is 9.92. The van der Waals surface area contributed by atoms with E-state index >= 15 is 0 Å². The average Bonchev–Trinajstić information content (AvgIpc) is 2.29. The molecule has 0 aromatic heterocycles. The van der Waals surface area contributed by atoms with E-state index in [2.05, 4.69) is 31.4 Å². The van der Waals surface area contributed by atoms with Crippen molar-refractivity contribution in [2.24, 2.45) is 5.41 Å². The summed E-state index contributed by atoms with van der Waals surface area (Å²) in [4.78, 5) is 11.6. The Morgan fingerprint density at radius 1 is 1.37 bits per heavy atom. The number of carbonyl (C=O) groups is 1. The van der Waals surface area contributed by atoms with Gasteiger partial charge in [-0.1, -0.05) is 20.8 Å². The Kier molecular flexibility index (Phi) is 3.69. The Labute approximate surface area is 114 Å². The van der Waals surface area contributed by atoms with Crippen LogP contribution < -0.4 is 15.4 Å². The lowest BCUT2D eigenvalue weighted by Gasteiger charge is -2.24. The van der Waals surface area contributed by atoms with Gasteiger partial charge >= 0.3 is 0 Å². The fraction of sp³-hybridized carbons (Fsp3) is 0.533. The zero-order valence-electron chi connectivity index (χ0n) is 12.0. The minimum Gasteiger partial charge on any atom is -0.479 e. The second-order valence-electron chi connectivity index (χ2n) is 6.20. The summed E-state index contributed by atoms with van der Waals surface area (Å²) >= 11 is 0. The molecule has 2 rings (SSSR count). The Morgan fingerprint density at radius 3 is 2.79 bits per heavy atom. The maximum Gasteiger partial charge on any atom is 0.265 e. The molecule has 0 aliphatic carbocycles. The Balaban J connectivity index is 2.01. The number of hydrogen-bond acceptors (Lipinski definition) is 3. The maximum atomic E-state index is 11.6. The van der Waals surface area contributed by atoms with E-state index in [9.17, 15) is 4.79 Å². The van der Waals surface area contributed by atoms with E-state index < -0.39 is 6.10 Å². The third kappa shape index (κ3) is 3.63. The van der Waals surface area contributed by atoms with Crippen LogP contribution in [0.5, 0.6) is 5.75 Å². The van der Waals surface area contributed by atoms with Gasteiger partial charge in [-0.15, -0.1) is 0 Å². The molecular weight excluding hydrogens is 240 g/mol. The molecular formula is C15H22N2O2. The molecule has 104 valence electrons. The molecule has 0 saturated heterocycles. The molecule has 1 unspecified atom stereocenters. The number of carbonyl (C=O) groups excluding carboxylic acids is 1. The SMILES string of the molecule is CC1Oc2ccc(NCCC(C)(C)C)cc2NC1=O. The van der Waals surface area contributed by atoms with Gasteiger partial charge in [-0.05, 0) is 37.0 Å². The van der Waals surface area contributed by atoms with Crippen LogP contribution in [0.2, 0.25) is 0 Å². The van der Waals surface area contributed by atoms with Crippen molar-refractivity contribution in [3.05, 3.63) is 18.2 Å². The molecule has 0 radical (unpaired) electrons. The first-order valence-electron chi connectivity index (χ1n) is 6.71. The number of amides is 1. The predicted octanol–water partition coefficient (Wildman–Crippen LogP) is 3.25. The molecule has 1 aromatic rings. The molecule has 1 aliphatic rings. The molecule has 1 amide bonds. The van der Waals surface area contributed by atoms with Crippen molar-refractivity contribution in [1.82, 2.24) is 0 Å². The third-order valence-electron chi connectivity index (χ3n) is 3.11. The fourth-order valence-corrected chi connectivity index (χ4v) is 1.90. The van der Waals surface area contributed by atoms with Crippen molar-refractivity contribution in [2.45, 2.75) is 40.2 Å². The first-order valence-corrected chi connectivity index (χ1v) is 6.71. The number of hydrogen-bond donors (Lipinski definition) is 2. The minimum absolute atomic E-state index is 0.0978. The molecule has 4 nitrogen and oxygen atoms in total. The van der Waals surface area contributed by atoms with Gasteiger partial charge in [0.05, 0.1) is 5.69 Å². The van der Waals surface area contributed by atoms with Crippen LogP contribution >= 0.6 is 0 Å². The van der Waals surface area contributed by atoms with Crippen molar-refractivity contribution in [2.75, 3.05) is 17.2 Å². The Hall–Kier alpha value is -1.71. The van der Waals surface area contributed by atoms with Gasteiger partial charge in [0, 0.05) is 12.2 Å². The van der Waals surface area contributed by atoms with Crippen molar-refractivity contribution in [3.63, 3.8) is 0 Å². The molecule has 0 bridgehead atoms. The van der Waals surface area contributed by atoms with E-state index in [1.54, 1.807) is 6.92 Å². The molecule has 0 spiro atoms. The van der Waals surface area contributed by atoms with E-state index in [4.69, 9.17) is 4.74 Å². The zero-order chi connectivity index (χ0) is 14.0. The summed E-state index contributed by atoms with van der Waals surface area (Å²) in [7, 11) is 0. The highest BCUT2D eigenvalue weighted by molar-refractivity contribution is 5.98. The number of nitrogens with one attached hydrogen (secondary N) is 2. The fourth-order valence-electron chi connectivity index (χ4n) is 1.90. The first kappa shape index (κ1) is 13.7. The molecule has 0 fully saturated rings. The number of benzene rings is 1. The van der Waals surface area contributed by atoms with Crippen LogP contribution in [0.1, 0.15) is 34.1 Å². The van der Waals surface area contributed by atoms with Crippen LogP contribution in [-0.2, 0) is 4.79 Å². The molecule has 4 heteroatoms. The summed E-state index contributed by atoms with van der Waals surface area (Å²) in [5.74, 6) is 0.632. The average molecular weight is 262 g/mol. The standard InChI is InChI=1S/C15H22N2O2/c1-10-14(18)17-12-9-11(5-6-13(12)19-10)16-8-7-15(2,3)4/h5-6,9-10,16H,7-8H2,1-4H3,(H,17,18). The summed E-state index contributed by atoms with van der Waals surface area (Å²) in [6.45, 7) is 9.31. The Bertz CT molecular complexity index is 478. The summed E-state index contributed by atoms with van der Waals surface area (Å²) in [5.41, 5.74) is 2.05. The van der Waals surface area contributed by atoms with Crippen LogP contribution in [0.4, 0.5) is 11.4 Å². The second-order valence-corrected chi connectivity index (χ2v) is 6.20. The lowest BCUT2D eigenvalue weighted by molar-refractivity contribution is -0.122. The molecule has 2 N–H and O–H groups in total. The highest BCUT2D eigenvalue weighted by atomic mass is 16.5. The summed E-state index contributed by atoms with van der Waals surface area (Å²) in [6.07, 6.45) is 0.663. The summed E-state index contributed by atoms with van der Waals surface area (Å²) in [5, 5.41) is 6.22. The third-order valence-corrected chi connectivity index (χ3v) is 3.11. The second kappa shape index (κ2) is 5.11. The molecule has 1 aliphatic heterocycles. The Morgan fingerprint density at radius 2 is 2.11 bits per heavy atom. The van der Waals surface area contributed by atoms with Crippen molar-refractivity contribution >= 4 is 17.3 Å². The van der Waals surface area contributed by atoms with Crippen LogP contribution in [0.3, 0.4) is 0 Å². The quantitative estimate of drug-likeness (QED) is 0.879. The van der Waals surface area contributed by atoms with Gasteiger partial charge in [-0.3, -0.25) is 4.79 Å². The minimum atomic E-state index is -0.424. The largest absolute Gasteiger partial charge is 0.479 e. The van der Waals surface area contributed by atoms with E-state index in [-0.39, 0.29) is 5.91 Å². The van der Waals surface area contributed by atoms with Gasteiger partial charge in [-0.2, -0.15) is 0 Å². The van der Waals surface area contributed by atoms with Gasteiger partial charge in [-0.25, -0.2) is 0 Å². The van der Waals surface area contributed by atoms with E-state index in [1.807, 2.05) is 18.2 Å². The monoisotopic (exact) mass is 262 g/mol. The summed E-state index contributed by atoms with van der Waals surface area (Å²) in [6, 6.07) is 5.79. The van der Waals surface area contributed by atoms with Crippen molar-refractivity contribution in [3.8, 4) is 5.75 Å². The van der Waals surface area contributed by atoms with Gasteiger partial charge in [0.25, 0.3) is 5.91 Å². The predicted molar refractivity (Wildman–Crippen MR) is 77.7 cm³/mol. The number of ether oxygens (including phenoxy) is 1. The highest BCUT2D eigenvalue weighted by Crippen LogP contribution is 2.32. The zero-order valence-corrected chi connectivity index (χ0v) is 12.0. The first-order chi connectivity index (χ1) is 8.85. The normalized spacial score (nSPS) is 18.3.